The van der Waals surface area contributed by atoms with Crippen LogP contribution in [0.2, 0.25) is 0 Å². The maximum atomic E-state index is 11.6. The van der Waals surface area contributed by atoms with E-state index in [1.807, 2.05) is 26.8 Å². The average Bonchev–Trinajstić information content (AvgIpc) is 2.32. The lowest BCUT2D eigenvalue weighted by Gasteiger charge is -2.19. The van der Waals surface area contributed by atoms with Gasteiger partial charge in [-0.25, -0.2) is 0 Å². The van der Waals surface area contributed by atoms with Crippen molar-refractivity contribution in [1.29, 1.82) is 0 Å². The Balaban J connectivity index is 3.32. The van der Waals surface area contributed by atoms with Crippen molar-refractivity contribution in [3.8, 4) is 5.75 Å². The summed E-state index contributed by atoms with van der Waals surface area (Å²) in [5, 5.41) is 2.56. The van der Waals surface area contributed by atoms with E-state index in [9.17, 15) is 4.79 Å². The molecule has 94 valence electrons. The van der Waals surface area contributed by atoms with Gasteiger partial charge in [0.05, 0.1) is 7.11 Å². The highest BCUT2D eigenvalue weighted by Crippen LogP contribution is 2.30. The van der Waals surface area contributed by atoms with Crippen molar-refractivity contribution in [3.05, 3.63) is 28.3 Å². The summed E-state index contributed by atoms with van der Waals surface area (Å²) in [6.07, 6.45) is 0. The highest BCUT2D eigenvalue weighted by Gasteiger charge is 2.20. The van der Waals surface area contributed by atoms with Gasteiger partial charge in [0.15, 0.2) is 0 Å². The van der Waals surface area contributed by atoms with E-state index in [0.717, 1.165) is 28.0 Å². The molecule has 0 fully saturated rings. The van der Waals surface area contributed by atoms with Crippen molar-refractivity contribution < 1.29 is 9.53 Å². The van der Waals surface area contributed by atoms with E-state index in [2.05, 4.69) is 5.32 Å². The first-order valence-electron chi connectivity index (χ1n) is 5.55. The molecule has 4 heteroatoms. The molecule has 0 aromatic heterocycles. The first kappa shape index (κ1) is 13.5. The Morgan fingerprint density at radius 2 is 1.94 bits per heavy atom. The maximum absolute atomic E-state index is 11.6. The van der Waals surface area contributed by atoms with Gasteiger partial charge in [-0.2, -0.15) is 0 Å². The lowest BCUT2D eigenvalue weighted by molar-refractivity contribution is -0.122. The summed E-state index contributed by atoms with van der Waals surface area (Å²) in [5.41, 5.74) is 9.80. The fourth-order valence-electron chi connectivity index (χ4n) is 2.02. The van der Waals surface area contributed by atoms with Gasteiger partial charge < -0.3 is 15.8 Å². The van der Waals surface area contributed by atoms with Gasteiger partial charge in [-0.15, -0.1) is 0 Å². The molecule has 3 N–H and O–H groups in total. The monoisotopic (exact) mass is 236 g/mol. The number of methoxy groups -OCH3 is 1. The first-order chi connectivity index (χ1) is 7.93. The lowest BCUT2D eigenvalue weighted by Crippen LogP contribution is -2.32. The summed E-state index contributed by atoms with van der Waals surface area (Å²) in [6.45, 7) is 5.88. The van der Waals surface area contributed by atoms with Crippen LogP contribution in [-0.4, -0.2) is 20.1 Å². The number of carbonyl (C=O) groups excluding carboxylic acids is 1. The topological polar surface area (TPSA) is 64.4 Å². The highest BCUT2D eigenvalue weighted by molar-refractivity contribution is 5.83. The molecule has 0 radical (unpaired) electrons. The molecule has 0 bridgehead atoms. The molecule has 1 atom stereocenters. The van der Waals surface area contributed by atoms with Gasteiger partial charge in [0.1, 0.15) is 11.8 Å². The molecule has 1 rings (SSSR count). The average molecular weight is 236 g/mol. The van der Waals surface area contributed by atoms with Crippen LogP contribution in [0, 0.1) is 20.8 Å². The van der Waals surface area contributed by atoms with Crippen LogP contribution in [0.1, 0.15) is 28.3 Å². The number of likely N-dealkylation sites (N-methyl/N-ethyl adjacent to an activating group) is 1. The Morgan fingerprint density at radius 1 is 1.35 bits per heavy atom. The highest BCUT2D eigenvalue weighted by atomic mass is 16.5. The largest absolute Gasteiger partial charge is 0.496 e. The second-order valence-corrected chi connectivity index (χ2v) is 4.16. The molecule has 0 aliphatic carbocycles. The van der Waals surface area contributed by atoms with Crippen molar-refractivity contribution in [1.82, 2.24) is 5.32 Å². The van der Waals surface area contributed by atoms with E-state index in [4.69, 9.17) is 10.5 Å². The summed E-state index contributed by atoms with van der Waals surface area (Å²) >= 11 is 0. The number of hydrogen-bond donors (Lipinski definition) is 2. The Kier molecular flexibility index (Phi) is 4.12. The first-order valence-corrected chi connectivity index (χ1v) is 5.55. The molecule has 1 aromatic rings. The standard InChI is InChI=1S/C13H20N2O2/c1-7-6-10(11(14)13(16)15-4)8(2)9(3)12(7)17-5/h6,11H,14H2,1-5H3,(H,15,16). The Bertz CT molecular complexity index is 442. The van der Waals surface area contributed by atoms with Gasteiger partial charge in [-0.3, -0.25) is 4.79 Å². The predicted octanol–water partition coefficient (Wildman–Crippen LogP) is 1.37. The molecule has 1 aromatic carbocycles. The zero-order valence-electron chi connectivity index (χ0n) is 11.0. The molecule has 0 spiro atoms. The molecule has 0 saturated heterocycles. The summed E-state index contributed by atoms with van der Waals surface area (Å²) in [7, 11) is 3.23. The smallest absolute Gasteiger partial charge is 0.241 e. The number of carbonyl (C=O) groups is 1. The Hall–Kier alpha value is -1.55. The van der Waals surface area contributed by atoms with Crippen LogP contribution in [-0.2, 0) is 4.79 Å². The normalized spacial score (nSPS) is 12.1. The molecule has 1 amide bonds. The van der Waals surface area contributed by atoms with Gasteiger partial charge in [0.25, 0.3) is 0 Å². The van der Waals surface area contributed by atoms with Gasteiger partial charge in [-0.05, 0) is 43.0 Å². The Morgan fingerprint density at radius 3 is 2.41 bits per heavy atom. The summed E-state index contributed by atoms with van der Waals surface area (Å²) < 4.78 is 5.34. The van der Waals surface area contributed by atoms with Gasteiger partial charge in [-0.1, -0.05) is 6.07 Å². The number of nitrogens with two attached hydrogens (primary N) is 1. The van der Waals surface area contributed by atoms with E-state index >= 15 is 0 Å². The van der Waals surface area contributed by atoms with Crippen LogP contribution in [0.4, 0.5) is 0 Å². The van der Waals surface area contributed by atoms with Crippen molar-refractivity contribution in [2.45, 2.75) is 26.8 Å². The SMILES string of the molecule is CNC(=O)C(N)c1cc(C)c(OC)c(C)c1C. The number of amides is 1. The summed E-state index contributed by atoms with van der Waals surface area (Å²) in [6, 6.07) is 1.28. The minimum Gasteiger partial charge on any atom is -0.496 e. The lowest BCUT2D eigenvalue weighted by atomic mass is 9.94. The van der Waals surface area contributed by atoms with Crippen molar-refractivity contribution >= 4 is 5.91 Å². The predicted molar refractivity (Wildman–Crippen MR) is 68.2 cm³/mol. The molecule has 1 unspecified atom stereocenters. The van der Waals surface area contributed by atoms with Gasteiger partial charge in [0.2, 0.25) is 5.91 Å². The fourth-order valence-corrected chi connectivity index (χ4v) is 2.02. The second-order valence-electron chi connectivity index (χ2n) is 4.16. The van der Waals surface area contributed by atoms with Crippen LogP contribution >= 0.6 is 0 Å². The number of benzene rings is 1. The van der Waals surface area contributed by atoms with Crippen LogP contribution in [0.15, 0.2) is 6.07 Å². The van der Waals surface area contributed by atoms with E-state index in [0.29, 0.717) is 0 Å². The number of aryl methyl sites for hydroxylation is 1. The molecule has 4 nitrogen and oxygen atoms in total. The van der Waals surface area contributed by atoms with Crippen molar-refractivity contribution in [2.24, 2.45) is 5.73 Å². The molecule has 0 heterocycles. The van der Waals surface area contributed by atoms with Crippen LogP contribution in [0.25, 0.3) is 0 Å². The van der Waals surface area contributed by atoms with Crippen LogP contribution in [0.3, 0.4) is 0 Å². The molecular formula is C13H20N2O2. The van der Waals surface area contributed by atoms with Crippen molar-refractivity contribution in [3.63, 3.8) is 0 Å². The van der Waals surface area contributed by atoms with Crippen molar-refractivity contribution in [2.75, 3.05) is 14.2 Å². The fraction of sp³-hybridized carbons (Fsp3) is 0.462. The minimum atomic E-state index is -0.636. The van der Waals surface area contributed by atoms with Crippen LogP contribution < -0.4 is 15.8 Å². The third kappa shape index (κ3) is 2.42. The zero-order chi connectivity index (χ0) is 13.2. The zero-order valence-corrected chi connectivity index (χ0v) is 11.0. The van der Waals surface area contributed by atoms with Gasteiger partial charge >= 0.3 is 0 Å². The third-order valence-corrected chi connectivity index (χ3v) is 3.13. The number of nitrogens with one attached hydrogen (secondary N) is 1. The molecule has 0 aliphatic heterocycles. The minimum absolute atomic E-state index is 0.183. The van der Waals surface area contributed by atoms with Crippen LogP contribution in [0.5, 0.6) is 5.75 Å². The third-order valence-electron chi connectivity index (χ3n) is 3.13. The van der Waals surface area contributed by atoms with E-state index < -0.39 is 6.04 Å². The van der Waals surface area contributed by atoms with E-state index in [1.54, 1.807) is 14.2 Å². The quantitative estimate of drug-likeness (QED) is 0.833. The molecule has 0 saturated carbocycles. The molecule has 17 heavy (non-hydrogen) atoms. The number of hydrogen-bond acceptors (Lipinski definition) is 3. The summed E-state index contributed by atoms with van der Waals surface area (Å²) in [4.78, 5) is 11.6. The number of rotatable bonds is 3. The molecular weight excluding hydrogens is 216 g/mol. The van der Waals surface area contributed by atoms with Gasteiger partial charge in [0, 0.05) is 7.05 Å². The summed E-state index contributed by atoms with van der Waals surface area (Å²) in [5.74, 6) is 0.674. The maximum Gasteiger partial charge on any atom is 0.241 e. The van der Waals surface area contributed by atoms with E-state index in [1.165, 1.54) is 0 Å². The Labute approximate surface area is 102 Å². The second kappa shape index (κ2) is 5.19. The number of ether oxygens (including phenoxy) is 1. The molecule has 0 aliphatic rings. The van der Waals surface area contributed by atoms with E-state index in [-0.39, 0.29) is 5.91 Å².